The fraction of sp³-hybridized carbons (Fsp3) is 0.350. The van der Waals surface area contributed by atoms with Crippen LogP contribution in [-0.4, -0.2) is 38.5 Å². The van der Waals surface area contributed by atoms with E-state index >= 15 is 0 Å². The highest BCUT2D eigenvalue weighted by Crippen LogP contribution is 2.35. The van der Waals surface area contributed by atoms with Crippen molar-refractivity contribution in [3.63, 3.8) is 0 Å². The van der Waals surface area contributed by atoms with Gasteiger partial charge in [0.1, 0.15) is 4.32 Å². The monoisotopic (exact) mass is 399 g/mol. The van der Waals surface area contributed by atoms with Crippen molar-refractivity contribution in [2.45, 2.75) is 18.9 Å². The Labute approximate surface area is 167 Å². The van der Waals surface area contributed by atoms with Crippen LogP contribution in [0.15, 0.2) is 53.3 Å². The minimum atomic E-state index is -0.0531. The smallest absolute Gasteiger partial charge is 0.250 e. The van der Waals surface area contributed by atoms with Crippen molar-refractivity contribution in [2.24, 2.45) is 5.92 Å². The normalized spacial score (nSPS) is 20.7. The van der Waals surface area contributed by atoms with Crippen molar-refractivity contribution >= 4 is 39.9 Å². The lowest BCUT2D eigenvalue weighted by Gasteiger charge is -2.43. The maximum absolute atomic E-state index is 12.1. The van der Waals surface area contributed by atoms with Gasteiger partial charge in [-0.3, -0.25) is 9.59 Å². The van der Waals surface area contributed by atoms with Gasteiger partial charge in [-0.05, 0) is 30.5 Å². The third-order valence-corrected chi connectivity index (χ3v) is 6.65. The summed E-state index contributed by atoms with van der Waals surface area (Å²) in [5, 5.41) is 2.88. The predicted octanol–water partition coefficient (Wildman–Crippen LogP) is 2.92. The number of hydrogen-bond acceptors (Lipinski definition) is 4. The molecule has 0 spiro atoms. The molecule has 7 heteroatoms. The average Bonchev–Trinajstić information content (AvgIpc) is 2.67. The van der Waals surface area contributed by atoms with Crippen LogP contribution in [-0.2, 0) is 11.3 Å². The second-order valence-corrected chi connectivity index (χ2v) is 8.68. The van der Waals surface area contributed by atoms with Gasteiger partial charge in [0, 0.05) is 43.0 Å². The Balaban J connectivity index is 1.35. The lowest BCUT2D eigenvalue weighted by atomic mass is 9.83. The van der Waals surface area contributed by atoms with E-state index in [1.54, 1.807) is 6.07 Å². The molecular weight excluding hydrogens is 378 g/mol. The number of carbonyl (C=O) groups excluding carboxylic acids is 1. The first-order chi connectivity index (χ1) is 13.1. The Morgan fingerprint density at radius 2 is 1.93 bits per heavy atom. The molecule has 2 aliphatic heterocycles. The number of para-hydroxylation sites is 1. The molecule has 0 aliphatic carbocycles. The van der Waals surface area contributed by atoms with Gasteiger partial charge in [-0.15, -0.1) is 0 Å². The molecule has 27 heavy (non-hydrogen) atoms. The summed E-state index contributed by atoms with van der Waals surface area (Å²) in [6, 6.07) is 15.0. The zero-order chi connectivity index (χ0) is 18.8. The SMILES string of the molecule is O=C(CSC(=S)N1C[C@@H]2C[C@H](C1)c1cccc(=O)n1C2)Nc1ccccc1. The summed E-state index contributed by atoms with van der Waals surface area (Å²) in [7, 11) is 0. The van der Waals surface area contributed by atoms with Crippen LogP contribution in [0.2, 0.25) is 0 Å². The van der Waals surface area contributed by atoms with Crippen LogP contribution in [0.25, 0.3) is 0 Å². The van der Waals surface area contributed by atoms with E-state index in [2.05, 4.69) is 16.3 Å². The zero-order valence-corrected chi connectivity index (χ0v) is 16.5. The van der Waals surface area contributed by atoms with E-state index in [1.165, 1.54) is 11.8 Å². The van der Waals surface area contributed by atoms with E-state index in [1.807, 2.05) is 41.0 Å². The Hall–Kier alpha value is -2.12. The van der Waals surface area contributed by atoms with Crippen molar-refractivity contribution < 1.29 is 4.79 Å². The molecule has 140 valence electrons. The van der Waals surface area contributed by atoms with Crippen molar-refractivity contribution in [1.82, 2.24) is 9.47 Å². The summed E-state index contributed by atoms with van der Waals surface area (Å²) >= 11 is 7.01. The van der Waals surface area contributed by atoms with E-state index < -0.39 is 0 Å². The molecule has 0 unspecified atom stereocenters. The van der Waals surface area contributed by atoms with Crippen molar-refractivity contribution in [2.75, 3.05) is 24.2 Å². The number of pyridine rings is 1. The van der Waals surface area contributed by atoms with E-state index in [4.69, 9.17) is 12.2 Å². The maximum Gasteiger partial charge on any atom is 0.250 e. The average molecular weight is 400 g/mol. The highest BCUT2D eigenvalue weighted by molar-refractivity contribution is 8.23. The van der Waals surface area contributed by atoms with Crippen LogP contribution in [0.3, 0.4) is 0 Å². The molecule has 2 aromatic rings. The first-order valence-corrected chi connectivity index (χ1v) is 10.5. The second kappa shape index (κ2) is 7.86. The third-order valence-electron chi connectivity index (χ3n) is 5.12. The fourth-order valence-electron chi connectivity index (χ4n) is 3.98. The number of aromatic nitrogens is 1. The zero-order valence-electron chi connectivity index (χ0n) is 14.8. The molecule has 2 bridgehead atoms. The minimum absolute atomic E-state index is 0.0531. The number of rotatable bonds is 3. The minimum Gasteiger partial charge on any atom is -0.356 e. The molecule has 0 radical (unpaired) electrons. The number of nitrogens with zero attached hydrogens (tertiary/aromatic N) is 2. The quantitative estimate of drug-likeness (QED) is 0.805. The van der Waals surface area contributed by atoms with Gasteiger partial charge < -0.3 is 14.8 Å². The van der Waals surface area contributed by atoms with Crippen LogP contribution in [0, 0.1) is 5.92 Å². The standard InChI is InChI=1S/C20H21N3O2S2/c24-18(21-16-5-2-1-3-6-16)13-27-20(26)22-10-14-9-15(12-22)17-7-4-8-19(25)23(17)11-14/h1-8,14-15H,9-13H2,(H,21,24)/t14-,15+/m0/s1. The fourth-order valence-corrected chi connectivity index (χ4v) is 4.97. The number of nitrogens with one attached hydrogen (secondary N) is 1. The number of anilines is 1. The third kappa shape index (κ3) is 4.09. The first kappa shape index (κ1) is 18.3. The summed E-state index contributed by atoms with van der Waals surface area (Å²) in [6.45, 7) is 2.42. The molecule has 5 nitrogen and oxygen atoms in total. The maximum atomic E-state index is 12.1. The number of fused-ring (bicyclic) bond motifs is 4. The second-order valence-electron chi connectivity index (χ2n) is 7.07. The summed E-state index contributed by atoms with van der Waals surface area (Å²) in [6.07, 6.45) is 1.10. The molecule has 0 saturated carbocycles. The molecule has 1 saturated heterocycles. The van der Waals surface area contributed by atoms with Crippen molar-refractivity contribution in [3.8, 4) is 0 Å². The summed E-state index contributed by atoms with van der Waals surface area (Å²) in [5.74, 6) is 0.995. The van der Waals surface area contributed by atoms with Gasteiger partial charge in [0.15, 0.2) is 0 Å². The number of benzene rings is 1. The summed E-state index contributed by atoms with van der Waals surface area (Å²) < 4.78 is 2.68. The number of thioether (sulfide) groups is 1. The van der Waals surface area contributed by atoms with Crippen molar-refractivity contribution in [3.05, 3.63) is 64.6 Å². The summed E-state index contributed by atoms with van der Waals surface area (Å²) in [5.41, 5.74) is 1.99. The van der Waals surface area contributed by atoms with Gasteiger partial charge in [0.25, 0.3) is 5.56 Å². The molecule has 1 fully saturated rings. The Bertz CT molecular complexity index is 913. The van der Waals surface area contributed by atoms with E-state index in [9.17, 15) is 9.59 Å². The van der Waals surface area contributed by atoms with Crippen molar-refractivity contribution in [1.29, 1.82) is 0 Å². The molecule has 1 amide bonds. The van der Waals surface area contributed by atoms with Crippen LogP contribution in [0.4, 0.5) is 5.69 Å². The molecule has 1 N–H and O–H groups in total. The van der Waals surface area contributed by atoms with E-state index in [0.717, 1.165) is 41.8 Å². The van der Waals surface area contributed by atoms with E-state index in [0.29, 0.717) is 17.6 Å². The molecule has 1 aromatic carbocycles. The molecule has 2 atom stereocenters. The van der Waals surface area contributed by atoms with Crippen LogP contribution < -0.4 is 10.9 Å². The molecule has 3 heterocycles. The van der Waals surface area contributed by atoms with Gasteiger partial charge in [0.2, 0.25) is 5.91 Å². The van der Waals surface area contributed by atoms with Crippen LogP contribution in [0.5, 0.6) is 0 Å². The number of likely N-dealkylation sites (tertiary alicyclic amines) is 1. The molecule has 4 rings (SSSR count). The topological polar surface area (TPSA) is 54.3 Å². The number of thiocarbonyl (C=S) groups is 1. The number of carbonyl (C=O) groups is 1. The first-order valence-electron chi connectivity index (χ1n) is 9.06. The van der Waals surface area contributed by atoms with Gasteiger partial charge in [-0.1, -0.05) is 48.2 Å². The Morgan fingerprint density at radius 3 is 2.74 bits per heavy atom. The van der Waals surface area contributed by atoms with Crippen LogP contribution in [0.1, 0.15) is 18.0 Å². The van der Waals surface area contributed by atoms with Gasteiger partial charge in [-0.25, -0.2) is 0 Å². The van der Waals surface area contributed by atoms with Gasteiger partial charge in [-0.2, -0.15) is 0 Å². The molecule has 1 aromatic heterocycles. The predicted molar refractivity (Wildman–Crippen MR) is 113 cm³/mol. The van der Waals surface area contributed by atoms with E-state index in [-0.39, 0.29) is 11.5 Å². The number of amides is 1. The van der Waals surface area contributed by atoms with Crippen LogP contribution >= 0.6 is 24.0 Å². The molecular formula is C20H21N3O2S2. The highest BCUT2D eigenvalue weighted by atomic mass is 32.2. The lowest BCUT2D eigenvalue weighted by Crippen LogP contribution is -2.48. The highest BCUT2D eigenvalue weighted by Gasteiger charge is 2.35. The Kier molecular flexibility index (Phi) is 5.31. The van der Waals surface area contributed by atoms with Gasteiger partial charge in [0.05, 0.1) is 5.75 Å². The van der Waals surface area contributed by atoms with Gasteiger partial charge >= 0.3 is 0 Å². The number of hydrogen-bond donors (Lipinski definition) is 1. The lowest BCUT2D eigenvalue weighted by molar-refractivity contribution is -0.113. The molecule has 2 aliphatic rings. The number of piperidine rings is 1. The summed E-state index contributed by atoms with van der Waals surface area (Å²) in [4.78, 5) is 26.5. The largest absolute Gasteiger partial charge is 0.356 e. The Morgan fingerprint density at radius 1 is 1.11 bits per heavy atom.